The topological polar surface area (TPSA) is 101 Å². The van der Waals surface area contributed by atoms with E-state index in [1.165, 1.54) is 4.90 Å². The molecule has 2 aliphatic rings. The summed E-state index contributed by atoms with van der Waals surface area (Å²) in [5.74, 6) is -0.0114. The lowest BCUT2D eigenvalue weighted by Crippen LogP contribution is -2.48. The van der Waals surface area contributed by atoms with E-state index < -0.39 is 19.7 Å². The van der Waals surface area contributed by atoms with E-state index in [0.717, 1.165) is 0 Å². The lowest BCUT2D eigenvalue weighted by Gasteiger charge is -2.28. The summed E-state index contributed by atoms with van der Waals surface area (Å²) in [6.07, 6.45) is 0.549. The number of carbonyl (C=O) groups excluding carboxylic acids is 1. The summed E-state index contributed by atoms with van der Waals surface area (Å²) in [6, 6.07) is -0.658. The van der Waals surface area contributed by atoms with Crippen LogP contribution >= 0.6 is 0 Å². The summed E-state index contributed by atoms with van der Waals surface area (Å²) in [6.45, 7) is 0.363. The minimum absolute atomic E-state index is 0.00559. The maximum atomic E-state index is 12.1. The van der Waals surface area contributed by atoms with Crippen LogP contribution in [0.25, 0.3) is 0 Å². The summed E-state index contributed by atoms with van der Waals surface area (Å²) < 4.78 is 45.8. The third-order valence-corrected chi connectivity index (χ3v) is 7.36. The fourth-order valence-corrected chi connectivity index (χ4v) is 5.86. The van der Waals surface area contributed by atoms with Crippen molar-refractivity contribution in [2.75, 3.05) is 36.6 Å². The molecule has 2 unspecified atom stereocenters. The van der Waals surface area contributed by atoms with Gasteiger partial charge in [0.05, 0.1) is 23.0 Å². The van der Waals surface area contributed by atoms with Crippen LogP contribution < -0.4 is 5.32 Å². The second kappa shape index (κ2) is 5.61. The number of carbonyl (C=O) groups is 1. The first-order chi connectivity index (χ1) is 9.19. The van der Waals surface area contributed by atoms with E-state index >= 15 is 0 Å². The smallest absolute Gasteiger partial charge is 0.224 e. The Bertz CT molecular complexity index is 584. The van der Waals surface area contributed by atoms with E-state index in [0.29, 0.717) is 13.0 Å². The van der Waals surface area contributed by atoms with E-state index in [-0.39, 0.29) is 47.4 Å². The van der Waals surface area contributed by atoms with Crippen molar-refractivity contribution in [3.05, 3.63) is 0 Å². The Hall–Kier alpha value is -0.670. The summed E-state index contributed by atoms with van der Waals surface area (Å²) in [7, 11) is -4.51. The van der Waals surface area contributed by atoms with E-state index in [1.54, 1.807) is 7.05 Å². The summed E-state index contributed by atoms with van der Waals surface area (Å²) >= 11 is 0. The molecule has 2 aliphatic heterocycles. The molecule has 0 spiro atoms. The minimum Gasteiger partial charge on any atom is -0.342 e. The maximum absolute atomic E-state index is 12.1. The number of nitrogens with zero attached hydrogens (tertiary/aromatic N) is 1. The average molecular weight is 324 g/mol. The molecule has 0 aromatic heterocycles. The Balaban J connectivity index is 1.92. The second-order valence-electron chi connectivity index (χ2n) is 5.53. The molecule has 2 heterocycles. The van der Waals surface area contributed by atoms with Crippen molar-refractivity contribution in [1.82, 2.24) is 10.2 Å². The van der Waals surface area contributed by atoms with Crippen LogP contribution in [0.3, 0.4) is 0 Å². The zero-order chi connectivity index (χ0) is 15.0. The molecule has 0 bridgehead atoms. The number of nitrogens with one attached hydrogen (secondary N) is 1. The molecular formula is C11H20N2O5S2. The van der Waals surface area contributed by atoms with Crippen molar-refractivity contribution in [2.24, 2.45) is 0 Å². The molecule has 0 radical (unpaired) electrons. The van der Waals surface area contributed by atoms with Crippen LogP contribution in [0.2, 0.25) is 0 Å². The van der Waals surface area contributed by atoms with Crippen molar-refractivity contribution in [3.63, 3.8) is 0 Å². The van der Waals surface area contributed by atoms with Gasteiger partial charge in [0.1, 0.15) is 0 Å². The molecule has 1 amide bonds. The highest BCUT2D eigenvalue weighted by Crippen LogP contribution is 2.18. The predicted octanol–water partition coefficient (Wildman–Crippen LogP) is -1.59. The van der Waals surface area contributed by atoms with Crippen LogP contribution in [0.15, 0.2) is 0 Å². The van der Waals surface area contributed by atoms with Gasteiger partial charge >= 0.3 is 0 Å². The number of sulfone groups is 2. The van der Waals surface area contributed by atoms with Gasteiger partial charge in [-0.05, 0) is 6.42 Å². The van der Waals surface area contributed by atoms with Crippen LogP contribution in [0.4, 0.5) is 0 Å². The van der Waals surface area contributed by atoms with Crippen LogP contribution in [-0.2, 0) is 24.5 Å². The molecule has 2 fully saturated rings. The first-order valence-electron chi connectivity index (χ1n) is 6.58. The average Bonchev–Trinajstić information content (AvgIpc) is 2.67. The number of hydrogen-bond acceptors (Lipinski definition) is 6. The van der Waals surface area contributed by atoms with Gasteiger partial charge in [-0.25, -0.2) is 16.8 Å². The van der Waals surface area contributed by atoms with E-state index in [4.69, 9.17) is 0 Å². The van der Waals surface area contributed by atoms with Crippen LogP contribution in [0, 0.1) is 0 Å². The standard InChI is InChI=1S/C11H20N2O5S2/c1-13(10-2-4-19(15,16)8-10)11(14)6-9-7-20(17,18)5-3-12-9/h9-10,12H,2-8H2,1H3. The molecular weight excluding hydrogens is 304 g/mol. The molecule has 0 aromatic rings. The van der Waals surface area contributed by atoms with Gasteiger partial charge in [-0.1, -0.05) is 0 Å². The monoisotopic (exact) mass is 324 g/mol. The van der Waals surface area contributed by atoms with E-state index in [9.17, 15) is 21.6 Å². The van der Waals surface area contributed by atoms with E-state index in [1.807, 2.05) is 0 Å². The molecule has 0 aliphatic carbocycles. The van der Waals surface area contributed by atoms with Gasteiger partial charge in [-0.3, -0.25) is 4.79 Å². The van der Waals surface area contributed by atoms with Crippen molar-refractivity contribution in [1.29, 1.82) is 0 Å². The lowest BCUT2D eigenvalue weighted by atomic mass is 10.1. The Kier molecular flexibility index (Phi) is 4.41. The molecule has 116 valence electrons. The van der Waals surface area contributed by atoms with Crippen LogP contribution in [0.1, 0.15) is 12.8 Å². The fraction of sp³-hybridized carbons (Fsp3) is 0.909. The normalized spacial score (nSPS) is 31.9. The van der Waals surface area contributed by atoms with Crippen molar-refractivity contribution >= 4 is 25.6 Å². The molecule has 0 saturated carbocycles. The van der Waals surface area contributed by atoms with Gasteiger partial charge < -0.3 is 10.2 Å². The van der Waals surface area contributed by atoms with Gasteiger partial charge in [0, 0.05) is 32.1 Å². The van der Waals surface area contributed by atoms with Crippen molar-refractivity contribution in [2.45, 2.75) is 24.9 Å². The number of hydrogen-bond donors (Lipinski definition) is 1. The molecule has 7 nitrogen and oxygen atoms in total. The molecule has 2 saturated heterocycles. The Morgan fingerprint density at radius 3 is 2.35 bits per heavy atom. The Morgan fingerprint density at radius 1 is 1.15 bits per heavy atom. The number of rotatable bonds is 3. The van der Waals surface area contributed by atoms with Gasteiger partial charge in [-0.15, -0.1) is 0 Å². The molecule has 2 atom stereocenters. The Labute approximate surface area is 119 Å². The minimum atomic E-state index is -3.07. The van der Waals surface area contributed by atoms with Crippen LogP contribution in [0.5, 0.6) is 0 Å². The van der Waals surface area contributed by atoms with Crippen LogP contribution in [-0.4, -0.2) is 76.3 Å². The SMILES string of the molecule is CN(C(=O)CC1CS(=O)(=O)CCN1)C1CCS(=O)(=O)C1. The summed E-state index contributed by atoms with van der Waals surface area (Å²) in [5, 5.41) is 3.02. The largest absolute Gasteiger partial charge is 0.342 e. The predicted molar refractivity (Wildman–Crippen MR) is 74.9 cm³/mol. The first-order valence-corrected chi connectivity index (χ1v) is 10.2. The highest BCUT2D eigenvalue weighted by atomic mass is 32.2. The number of amides is 1. The quantitative estimate of drug-likeness (QED) is 0.672. The van der Waals surface area contributed by atoms with E-state index in [2.05, 4.69) is 5.32 Å². The van der Waals surface area contributed by atoms with Gasteiger partial charge in [-0.2, -0.15) is 0 Å². The third-order valence-electron chi connectivity index (χ3n) is 3.87. The third kappa shape index (κ3) is 3.92. The van der Waals surface area contributed by atoms with Crippen molar-refractivity contribution < 1.29 is 21.6 Å². The zero-order valence-electron chi connectivity index (χ0n) is 11.4. The van der Waals surface area contributed by atoms with Gasteiger partial charge in [0.15, 0.2) is 19.7 Å². The lowest BCUT2D eigenvalue weighted by molar-refractivity contribution is -0.131. The molecule has 0 aromatic carbocycles. The summed E-state index contributed by atoms with van der Waals surface area (Å²) in [5.41, 5.74) is 0. The zero-order valence-corrected chi connectivity index (χ0v) is 13.0. The first kappa shape index (κ1) is 15.7. The van der Waals surface area contributed by atoms with Gasteiger partial charge in [0.25, 0.3) is 0 Å². The van der Waals surface area contributed by atoms with Crippen molar-refractivity contribution in [3.8, 4) is 0 Å². The molecule has 1 N–H and O–H groups in total. The molecule has 20 heavy (non-hydrogen) atoms. The summed E-state index contributed by atoms with van der Waals surface area (Å²) in [4.78, 5) is 13.6. The maximum Gasteiger partial charge on any atom is 0.224 e. The highest BCUT2D eigenvalue weighted by Gasteiger charge is 2.34. The van der Waals surface area contributed by atoms with Gasteiger partial charge in [0.2, 0.25) is 5.91 Å². The highest BCUT2D eigenvalue weighted by molar-refractivity contribution is 7.91. The second-order valence-corrected chi connectivity index (χ2v) is 9.99. The molecule has 9 heteroatoms. The Morgan fingerprint density at radius 2 is 1.80 bits per heavy atom. The molecule has 2 rings (SSSR count). The fourth-order valence-electron chi connectivity index (χ4n) is 2.64.